The summed E-state index contributed by atoms with van der Waals surface area (Å²) < 4.78 is 5.64. The minimum atomic E-state index is 0.299. The van der Waals surface area contributed by atoms with Crippen LogP contribution in [-0.2, 0) is 4.74 Å². The summed E-state index contributed by atoms with van der Waals surface area (Å²) in [7, 11) is 2.01. The van der Waals surface area contributed by atoms with Crippen LogP contribution in [0.5, 0.6) is 0 Å². The van der Waals surface area contributed by atoms with E-state index in [2.05, 4.69) is 27.1 Å². The second-order valence-corrected chi connectivity index (χ2v) is 4.91. The van der Waals surface area contributed by atoms with Crippen molar-refractivity contribution in [2.75, 3.05) is 42.7 Å². The molecule has 19 heavy (non-hydrogen) atoms. The highest BCUT2D eigenvalue weighted by Crippen LogP contribution is 2.19. The fourth-order valence-electron chi connectivity index (χ4n) is 2.18. The monoisotopic (exact) mass is 265 g/mol. The van der Waals surface area contributed by atoms with Gasteiger partial charge in [0.25, 0.3) is 0 Å². The molecule has 1 aliphatic heterocycles. The highest BCUT2D eigenvalue weighted by atomic mass is 16.5. The molecule has 0 radical (unpaired) electrons. The molecule has 0 aromatic carbocycles. The SMILES string of the molecule is CCCNc1cc(N(C)CC2CCCO2)nc(N)n1. The Balaban J connectivity index is 2.02. The molecule has 106 valence electrons. The summed E-state index contributed by atoms with van der Waals surface area (Å²) in [6.45, 7) is 4.70. The van der Waals surface area contributed by atoms with Crippen molar-refractivity contribution in [3.05, 3.63) is 6.07 Å². The summed E-state index contributed by atoms with van der Waals surface area (Å²) in [6, 6.07) is 1.93. The lowest BCUT2D eigenvalue weighted by Gasteiger charge is -2.22. The van der Waals surface area contributed by atoms with Crippen molar-refractivity contribution in [3.8, 4) is 0 Å². The van der Waals surface area contributed by atoms with Crippen LogP contribution in [0.15, 0.2) is 6.07 Å². The summed E-state index contributed by atoms with van der Waals surface area (Å²) in [5.74, 6) is 1.92. The fraction of sp³-hybridized carbons (Fsp3) is 0.692. The molecule has 1 atom stereocenters. The van der Waals surface area contributed by atoms with Crippen LogP contribution in [0.4, 0.5) is 17.6 Å². The smallest absolute Gasteiger partial charge is 0.223 e. The van der Waals surface area contributed by atoms with Crippen LogP contribution in [0.3, 0.4) is 0 Å². The van der Waals surface area contributed by atoms with E-state index in [0.29, 0.717) is 12.1 Å². The number of nitrogens with two attached hydrogens (primary N) is 1. The molecule has 0 aliphatic carbocycles. The Labute approximate surface area is 114 Å². The van der Waals surface area contributed by atoms with Gasteiger partial charge in [-0.05, 0) is 19.3 Å². The molecule has 2 heterocycles. The topological polar surface area (TPSA) is 76.3 Å². The summed E-state index contributed by atoms with van der Waals surface area (Å²) in [6.07, 6.45) is 3.61. The number of likely N-dealkylation sites (N-methyl/N-ethyl adjacent to an activating group) is 1. The van der Waals surface area contributed by atoms with Crippen molar-refractivity contribution in [1.82, 2.24) is 9.97 Å². The first-order chi connectivity index (χ1) is 9.19. The van der Waals surface area contributed by atoms with Gasteiger partial charge < -0.3 is 20.7 Å². The molecule has 1 aromatic heterocycles. The van der Waals surface area contributed by atoms with Gasteiger partial charge in [0.2, 0.25) is 5.95 Å². The van der Waals surface area contributed by atoms with Gasteiger partial charge in [0.15, 0.2) is 0 Å². The van der Waals surface area contributed by atoms with Crippen molar-refractivity contribution in [3.63, 3.8) is 0 Å². The van der Waals surface area contributed by atoms with Crippen molar-refractivity contribution in [2.24, 2.45) is 0 Å². The first kappa shape index (κ1) is 13.9. The molecule has 6 heteroatoms. The quantitative estimate of drug-likeness (QED) is 0.811. The second kappa shape index (κ2) is 6.56. The Bertz CT molecular complexity index is 406. The van der Waals surface area contributed by atoms with E-state index in [4.69, 9.17) is 10.5 Å². The number of hydrogen-bond donors (Lipinski definition) is 2. The van der Waals surface area contributed by atoms with Gasteiger partial charge in [0.05, 0.1) is 6.10 Å². The fourth-order valence-corrected chi connectivity index (χ4v) is 2.18. The van der Waals surface area contributed by atoms with Gasteiger partial charge in [-0.3, -0.25) is 0 Å². The lowest BCUT2D eigenvalue weighted by atomic mass is 10.2. The molecule has 3 N–H and O–H groups in total. The van der Waals surface area contributed by atoms with Crippen molar-refractivity contribution in [1.29, 1.82) is 0 Å². The molecule has 1 aromatic rings. The predicted octanol–water partition coefficient (Wildman–Crippen LogP) is 1.50. The molecule has 2 rings (SSSR count). The minimum Gasteiger partial charge on any atom is -0.376 e. The van der Waals surface area contributed by atoms with Gasteiger partial charge in [-0.2, -0.15) is 9.97 Å². The molecule has 1 unspecified atom stereocenters. The largest absolute Gasteiger partial charge is 0.376 e. The molecule has 1 fully saturated rings. The second-order valence-electron chi connectivity index (χ2n) is 4.91. The number of anilines is 3. The number of ether oxygens (including phenoxy) is 1. The van der Waals surface area contributed by atoms with Crippen LogP contribution in [-0.4, -0.2) is 42.8 Å². The maximum absolute atomic E-state index is 5.76. The average Bonchev–Trinajstić information content (AvgIpc) is 2.88. The minimum absolute atomic E-state index is 0.299. The van der Waals surface area contributed by atoms with E-state index in [9.17, 15) is 0 Å². The maximum atomic E-state index is 5.76. The lowest BCUT2D eigenvalue weighted by molar-refractivity contribution is 0.116. The van der Waals surface area contributed by atoms with Crippen LogP contribution >= 0.6 is 0 Å². The van der Waals surface area contributed by atoms with Crippen LogP contribution in [0.1, 0.15) is 26.2 Å². The lowest BCUT2D eigenvalue weighted by Crippen LogP contribution is -2.29. The van der Waals surface area contributed by atoms with E-state index in [-0.39, 0.29) is 0 Å². The Morgan fingerprint density at radius 1 is 1.53 bits per heavy atom. The van der Waals surface area contributed by atoms with Crippen LogP contribution in [0.25, 0.3) is 0 Å². The van der Waals surface area contributed by atoms with E-state index < -0.39 is 0 Å². The summed E-state index contributed by atoms with van der Waals surface area (Å²) >= 11 is 0. The first-order valence-corrected chi connectivity index (χ1v) is 6.90. The Morgan fingerprint density at radius 2 is 2.37 bits per heavy atom. The number of hydrogen-bond acceptors (Lipinski definition) is 6. The Hall–Kier alpha value is -1.56. The zero-order chi connectivity index (χ0) is 13.7. The number of aromatic nitrogens is 2. The van der Waals surface area contributed by atoms with E-state index in [1.54, 1.807) is 0 Å². The van der Waals surface area contributed by atoms with Crippen molar-refractivity contribution < 1.29 is 4.74 Å². The summed E-state index contributed by atoms with van der Waals surface area (Å²) in [5.41, 5.74) is 5.76. The van der Waals surface area contributed by atoms with E-state index in [0.717, 1.165) is 50.6 Å². The molecule has 0 bridgehead atoms. The third kappa shape index (κ3) is 3.96. The number of nitrogen functional groups attached to an aromatic ring is 1. The predicted molar refractivity (Wildman–Crippen MR) is 77.5 cm³/mol. The first-order valence-electron chi connectivity index (χ1n) is 6.90. The van der Waals surface area contributed by atoms with Gasteiger partial charge >= 0.3 is 0 Å². The van der Waals surface area contributed by atoms with Crippen LogP contribution in [0.2, 0.25) is 0 Å². The molecule has 6 nitrogen and oxygen atoms in total. The van der Waals surface area contributed by atoms with Crippen molar-refractivity contribution >= 4 is 17.6 Å². The van der Waals surface area contributed by atoms with E-state index in [1.165, 1.54) is 0 Å². The van der Waals surface area contributed by atoms with Gasteiger partial charge in [-0.1, -0.05) is 6.92 Å². The third-order valence-electron chi connectivity index (χ3n) is 3.18. The van der Waals surface area contributed by atoms with Gasteiger partial charge in [-0.25, -0.2) is 0 Å². The number of nitrogens with one attached hydrogen (secondary N) is 1. The summed E-state index contributed by atoms with van der Waals surface area (Å²) in [4.78, 5) is 10.5. The molecular formula is C13H23N5O. The maximum Gasteiger partial charge on any atom is 0.223 e. The molecule has 0 saturated carbocycles. The average molecular weight is 265 g/mol. The molecule has 0 spiro atoms. The standard InChI is InChI=1S/C13H23N5O/c1-3-6-15-11-8-12(17-13(14)16-11)18(2)9-10-5-4-7-19-10/h8,10H,3-7,9H2,1-2H3,(H3,14,15,16,17). The molecule has 1 aliphatic rings. The third-order valence-corrected chi connectivity index (χ3v) is 3.18. The molecule has 1 saturated heterocycles. The molecule has 0 amide bonds. The number of nitrogens with zero attached hydrogens (tertiary/aromatic N) is 3. The zero-order valence-corrected chi connectivity index (χ0v) is 11.7. The number of rotatable bonds is 6. The summed E-state index contributed by atoms with van der Waals surface area (Å²) in [5, 5.41) is 3.24. The van der Waals surface area contributed by atoms with E-state index >= 15 is 0 Å². The van der Waals surface area contributed by atoms with Crippen LogP contribution in [0, 0.1) is 0 Å². The zero-order valence-electron chi connectivity index (χ0n) is 11.7. The van der Waals surface area contributed by atoms with Gasteiger partial charge in [0.1, 0.15) is 11.6 Å². The Kier molecular flexibility index (Phi) is 4.79. The molecular weight excluding hydrogens is 242 g/mol. The normalized spacial score (nSPS) is 18.5. The van der Waals surface area contributed by atoms with Crippen molar-refractivity contribution in [2.45, 2.75) is 32.3 Å². The highest BCUT2D eigenvalue weighted by molar-refractivity contribution is 5.52. The van der Waals surface area contributed by atoms with Crippen LogP contribution < -0.4 is 16.0 Å². The van der Waals surface area contributed by atoms with Gasteiger partial charge in [0, 0.05) is 32.8 Å². The van der Waals surface area contributed by atoms with Gasteiger partial charge in [-0.15, -0.1) is 0 Å². The van der Waals surface area contributed by atoms with E-state index in [1.807, 2.05) is 13.1 Å². The highest BCUT2D eigenvalue weighted by Gasteiger charge is 2.18. The Morgan fingerprint density at radius 3 is 3.05 bits per heavy atom.